The van der Waals surface area contributed by atoms with Crippen molar-refractivity contribution in [3.8, 4) is 0 Å². The van der Waals surface area contributed by atoms with Gasteiger partial charge in [-0.3, -0.25) is 4.21 Å². The lowest BCUT2D eigenvalue weighted by molar-refractivity contribution is -0.113. The molecule has 2 aliphatic carbocycles. The maximum Gasteiger partial charge on any atom is 0.0822 e. The SMILES string of the molecule is O=S(c1ccccc1)C1C[C@@H]2CCCC[C@]12O. The van der Waals surface area contributed by atoms with Crippen LogP contribution in [0.4, 0.5) is 0 Å². The van der Waals surface area contributed by atoms with Crippen LogP contribution < -0.4 is 0 Å². The Bertz CT molecular complexity index is 431. The van der Waals surface area contributed by atoms with E-state index in [0.717, 1.165) is 30.6 Å². The molecule has 4 atom stereocenters. The van der Waals surface area contributed by atoms with Gasteiger partial charge in [0.25, 0.3) is 0 Å². The number of hydrogen-bond donors (Lipinski definition) is 1. The molecule has 2 aliphatic rings. The highest BCUT2D eigenvalue weighted by atomic mass is 32.2. The topological polar surface area (TPSA) is 37.3 Å². The summed E-state index contributed by atoms with van der Waals surface area (Å²) in [5, 5.41) is 10.6. The lowest BCUT2D eigenvalue weighted by atomic mass is 9.61. The molecule has 0 spiro atoms. The summed E-state index contributed by atoms with van der Waals surface area (Å²) in [7, 11) is -1.05. The van der Waals surface area contributed by atoms with E-state index in [9.17, 15) is 9.32 Å². The molecule has 3 rings (SSSR count). The molecule has 0 amide bonds. The summed E-state index contributed by atoms with van der Waals surface area (Å²) in [5.74, 6) is 0.397. The Hall–Kier alpha value is -0.670. The van der Waals surface area contributed by atoms with E-state index in [-0.39, 0.29) is 5.25 Å². The molecule has 1 aromatic carbocycles. The van der Waals surface area contributed by atoms with Crippen LogP contribution in [0.1, 0.15) is 32.1 Å². The zero-order valence-corrected chi connectivity index (χ0v) is 10.7. The molecule has 2 fully saturated rings. The van der Waals surface area contributed by atoms with E-state index >= 15 is 0 Å². The third kappa shape index (κ3) is 1.76. The molecule has 2 nitrogen and oxygen atoms in total. The Morgan fingerprint density at radius 1 is 1.24 bits per heavy atom. The minimum Gasteiger partial charge on any atom is -0.388 e. The van der Waals surface area contributed by atoms with Crippen molar-refractivity contribution in [2.75, 3.05) is 0 Å². The second-order valence-corrected chi connectivity index (χ2v) is 6.90. The first-order valence-corrected chi connectivity index (χ1v) is 7.61. The minimum absolute atomic E-state index is 0.0461. The molecule has 2 saturated carbocycles. The number of rotatable bonds is 2. The molecule has 1 aromatic rings. The van der Waals surface area contributed by atoms with Crippen LogP contribution in [0.2, 0.25) is 0 Å². The maximum absolute atomic E-state index is 12.4. The van der Waals surface area contributed by atoms with Crippen molar-refractivity contribution >= 4 is 10.8 Å². The summed E-state index contributed by atoms with van der Waals surface area (Å²) in [6, 6.07) is 9.55. The summed E-state index contributed by atoms with van der Waals surface area (Å²) in [6.45, 7) is 0. The number of hydrogen-bond acceptors (Lipinski definition) is 2. The summed E-state index contributed by atoms with van der Waals surface area (Å²) < 4.78 is 12.4. The Labute approximate surface area is 105 Å². The van der Waals surface area contributed by atoms with E-state index in [0.29, 0.717) is 5.92 Å². The van der Waals surface area contributed by atoms with Gasteiger partial charge in [-0.25, -0.2) is 0 Å². The molecule has 0 bridgehead atoms. The van der Waals surface area contributed by atoms with Crippen LogP contribution >= 0.6 is 0 Å². The second-order valence-electron chi connectivity index (χ2n) is 5.27. The average molecular weight is 250 g/mol. The average Bonchev–Trinajstić information content (AvgIpc) is 2.36. The van der Waals surface area contributed by atoms with Crippen LogP contribution in [0.15, 0.2) is 35.2 Å². The molecule has 2 unspecified atom stereocenters. The first-order valence-electron chi connectivity index (χ1n) is 6.40. The predicted molar refractivity (Wildman–Crippen MR) is 68.2 cm³/mol. The van der Waals surface area contributed by atoms with Crippen molar-refractivity contribution in [2.45, 2.75) is 47.9 Å². The quantitative estimate of drug-likeness (QED) is 0.875. The van der Waals surface area contributed by atoms with Crippen LogP contribution in [-0.4, -0.2) is 20.2 Å². The molecule has 0 saturated heterocycles. The largest absolute Gasteiger partial charge is 0.388 e. The Balaban J connectivity index is 1.81. The van der Waals surface area contributed by atoms with E-state index < -0.39 is 16.4 Å². The number of aliphatic hydroxyl groups is 1. The van der Waals surface area contributed by atoms with Crippen LogP contribution in [0.3, 0.4) is 0 Å². The Morgan fingerprint density at radius 3 is 2.71 bits per heavy atom. The highest BCUT2D eigenvalue weighted by Gasteiger charge is 2.57. The van der Waals surface area contributed by atoms with E-state index in [1.165, 1.54) is 6.42 Å². The van der Waals surface area contributed by atoms with Crippen molar-refractivity contribution in [3.05, 3.63) is 30.3 Å². The molecular formula is C14H18O2S. The summed E-state index contributed by atoms with van der Waals surface area (Å²) >= 11 is 0. The van der Waals surface area contributed by atoms with Gasteiger partial charge >= 0.3 is 0 Å². The van der Waals surface area contributed by atoms with Crippen molar-refractivity contribution in [1.29, 1.82) is 0 Å². The van der Waals surface area contributed by atoms with Crippen LogP contribution in [0, 0.1) is 5.92 Å². The van der Waals surface area contributed by atoms with Gasteiger partial charge in [-0.15, -0.1) is 0 Å². The van der Waals surface area contributed by atoms with Crippen LogP contribution in [-0.2, 0) is 10.8 Å². The fraction of sp³-hybridized carbons (Fsp3) is 0.571. The van der Waals surface area contributed by atoms with E-state index in [1.54, 1.807) is 0 Å². The van der Waals surface area contributed by atoms with Crippen molar-refractivity contribution < 1.29 is 9.32 Å². The van der Waals surface area contributed by atoms with Gasteiger partial charge in [0.2, 0.25) is 0 Å². The Kier molecular flexibility index (Phi) is 2.83. The van der Waals surface area contributed by atoms with Crippen molar-refractivity contribution in [3.63, 3.8) is 0 Å². The van der Waals surface area contributed by atoms with Crippen molar-refractivity contribution in [1.82, 2.24) is 0 Å². The van der Waals surface area contributed by atoms with Gasteiger partial charge in [0, 0.05) is 4.90 Å². The monoisotopic (exact) mass is 250 g/mol. The van der Waals surface area contributed by atoms with Gasteiger partial charge < -0.3 is 5.11 Å². The standard InChI is InChI=1S/C14H18O2S/c15-14-9-5-4-6-11(14)10-13(14)17(16)12-7-2-1-3-8-12/h1-3,7-8,11,13,15H,4-6,9-10H2/t11-,13?,14+,17?/m0/s1. The molecule has 0 heterocycles. The normalized spacial score (nSPS) is 37.9. The summed E-state index contributed by atoms with van der Waals surface area (Å²) in [6.07, 6.45) is 5.17. The fourth-order valence-corrected chi connectivity index (χ4v) is 5.13. The molecule has 0 radical (unpaired) electrons. The van der Waals surface area contributed by atoms with Crippen LogP contribution in [0.25, 0.3) is 0 Å². The highest BCUT2D eigenvalue weighted by Crippen LogP contribution is 2.51. The summed E-state index contributed by atoms with van der Waals surface area (Å²) in [4.78, 5) is 0.856. The fourth-order valence-electron chi connectivity index (χ4n) is 3.29. The van der Waals surface area contributed by atoms with Gasteiger partial charge in [-0.2, -0.15) is 0 Å². The number of fused-ring (bicyclic) bond motifs is 1. The van der Waals surface area contributed by atoms with Crippen molar-refractivity contribution in [2.24, 2.45) is 5.92 Å². The second kappa shape index (κ2) is 4.21. The lowest BCUT2D eigenvalue weighted by Gasteiger charge is -2.54. The van der Waals surface area contributed by atoms with E-state index in [2.05, 4.69) is 0 Å². The molecular weight excluding hydrogens is 232 g/mol. The van der Waals surface area contributed by atoms with Gasteiger partial charge in [0.05, 0.1) is 21.7 Å². The molecule has 17 heavy (non-hydrogen) atoms. The smallest absolute Gasteiger partial charge is 0.0822 e. The molecule has 92 valence electrons. The third-order valence-corrected chi connectivity index (χ3v) is 6.23. The minimum atomic E-state index is -1.05. The van der Waals surface area contributed by atoms with E-state index in [4.69, 9.17) is 0 Å². The zero-order chi connectivity index (χ0) is 11.9. The first kappa shape index (κ1) is 11.4. The van der Waals surface area contributed by atoms with Gasteiger partial charge in [-0.05, 0) is 37.3 Å². The van der Waals surface area contributed by atoms with Crippen LogP contribution in [0.5, 0.6) is 0 Å². The van der Waals surface area contributed by atoms with Gasteiger partial charge in [0.15, 0.2) is 0 Å². The van der Waals surface area contributed by atoms with Gasteiger partial charge in [-0.1, -0.05) is 31.0 Å². The lowest BCUT2D eigenvalue weighted by Crippen LogP contribution is -2.62. The molecule has 0 aliphatic heterocycles. The Morgan fingerprint density at radius 2 is 2.00 bits per heavy atom. The first-order chi connectivity index (χ1) is 8.22. The molecule has 1 N–H and O–H groups in total. The predicted octanol–water partition coefficient (Wildman–Crippen LogP) is 2.49. The van der Waals surface area contributed by atoms with E-state index in [1.807, 2.05) is 30.3 Å². The molecule has 0 aromatic heterocycles. The third-order valence-electron chi connectivity index (χ3n) is 4.38. The maximum atomic E-state index is 12.4. The zero-order valence-electron chi connectivity index (χ0n) is 9.84. The van der Waals surface area contributed by atoms with Gasteiger partial charge in [0.1, 0.15) is 0 Å². The summed E-state index contributed by atoms with van der Waals surface area (Å²) in [5.41, 5.74) is -0.640. The molecule has 3 heteroatoms. The number of benzene rings is 1. The highest BCUT2D eigenvalue weighted by molar-refractivity contribution is 7.85.